The fourth-order valence-electron chi connectivity index (χ4n) is 2.05. The van der Waals surface area contributed by atoms with E-state index in [0.717, 1.165) is 19.4 Å². The molecule has 19 heavy (non-hydrogen) atoms. The highest BCUT2D eigenvalue weighted by Crippen LogP contribution is 2.13. The molecule has 6 heteroatoms. The van der Waals surface area contributed by atoms with E-state index in [2.05, 4.69) is 22.9 Å². The Hall–Kier alpha value is -1.14. The van der Waals surface area contributed by atoms with Crippen LogP contribution in [0.3, 0.4) is 0 Å². The van der Waals surface area contributed by atoms with E-state index >= 15 is 0 Å². The van der Waals surface area contributed by atoms with Crippen molar-refractivity contribution < 1.29 is 14.3 Å². The summed E-state index contributed by atoms with van der Waals surface area (Å²) in [6.45, 7) is 4.26. The van der Waals surface area contributed by atoms with Gasteiger partial charge in [0.2, 0.25) is 11.8 Å². The Kier molecular flexibility index (Phi) is 7.43. The predicted octanol–water partition coefficient (Wildman–Crippen LogP) is -0.357. The number of carbonyl (C=O) groups excluding carboxylic acids is 2. The summed E-state index contributed by atoms with van der Waals surface area (Å²) in [5.74, 6) is 0.0181. The average molecular weight is 271 g/mol. The zero-order chi connectivity index (χ0) is 14.1. The second-order valence-corrected chi connectivity index (χ2v) is 4.97. The number of amides is 2. The lowest BCUT2D eigenvalue weighted by Gasteiger charge is -2.26. The van der Waals surface area contributed by atoms with Crippen LogP contribution in [0.4, 0.5) is 0 Å². The number of carbonyl (C=O) groups is 2. The molecular weight excluding hydrogens is 246 g/mol. The van der Waals surface area contributed by atoms with Crippen LogP contribution in [-0.4, -0.2) is 51.2 Å². The number of ether oxygens (including phenoxy) is 1. The third-order valence-electron chi connectivity index (χ3n) is 3.31. The zero-order valence-electron chi connectivity index (χ0n) is 11.8. The molecule has 2 amide bonds. The minimum Gasteiger partial charge on any atom is -0.383 e. The van der Waals surface area contributed by atoms with Gasteiger partial charge in [0.1, 0.15) is 0 Å². The molecule has 0 aromatic carbocycles. The van der Waals surface area contributed by atoms with Crippen LogP contribution in [0.2, 0.25) is 0 Å². The van der Waals surface area contributed by atoms with Gasteiger partial charge in [-0.3, -0.25) is 9.59 Å². The summed E-state index contributed by atoms with van der Waals surface area (Å²) >= 11 is 0. The molecule has 2 atom stereocenters. The zero-order valence-corrected chi connectivity index (χ0v) is 11.8. The van der Waals surface area contributed by atoms with Crippen LogP contribution in [0.1, 0.15) is 26.2 Å². The molecule has 3 N–H and O–H groups in total. The van der Waals surface area contributed by atoms with Gasteiger partial charge in [-0.1, -0.05) is 0 Å². The van der Waals surface area contributed by atoms with Crippen LogP contribution in [0.5, 0.6) is 0 Å². The topological polar surface area (TPSA) is 79.5 Å². The largest absolute Gasteiger partial charge is 0.383 e. The van der Waals surface area contributed by atoms with Gasteiger partial charge >= 0.3 is 0 Å². The van der Waals surface area contributed by atoms with Crippen molar-refractivity contribution in [1.29, 1.82) is 0 Å². The summed E-state index contributed by atoms with van der Waals surface area (Å²) in [5.41, 5.74) is 0. The molecule has 2 unspecified atom stereocenters. The molecule has 0 saturated carbocycles. The minimum absolute atomic E-state index is 0.0350. The smallest absolute Gasteiger partial charge is 0.224 e. The molecule has 1 aliphatic rings. The molecule has 0 aromatic heterocycles. The summed E-state index contributed by atoms with van der Waals surface area (Å²) in [6, 6.07) is 0.496. The summed E-state index contributed by atoms with van der Waals surface area (Å²) < 4.78 is 4.83. The molecule has 0 spiro atoms. The van der Waals surface area contributed by atoms with Crippen molar-refractivity contribution in [3.63, 3.8) is 0 Å². The minimum atomic E-state index is -0.0623. The van der Waals surface area contributed by atoms with Crippen molar-refractivity contribution in [2.75, 3.05) is 33.4 Å². The molecule has 0 aromatic rings. The van der Waals surface area contributed by atoms with Crippen molar-refractivity contribution in [2.45, 2.75) is 32.2 Å². The summed E-state index contributed by atoms with van der Waals surface area (Å²) in [6.07, 6.45) is 2.25. The Morgan fingerprint density at radius 3 is 2.68 bits per heavy atom. The Morgan fingerprint density at radius 1 is 1.26 bits per heavy atom. The van der Waals surface area contributed by atoms with E-state index in [9.17, 15) is 9.59 Å². The molecule has 0 aliphatic carbocycles. The fraction of sp³-hybridized carbons (Fsp3) is 0.846. The summed E-state index contributed by atoms with van der Waals surface area (Å²) in [4.78, 5) is 23.2. The number of hydrogen-bond donors (Lipinski definition) is 3. The van der Waals surface area contributed by atoms with Crippen LogP contribution in [0, 0.1) is 5.92 Å². The SMILES string of the molecule is COCCNC(=O)CCNC(=O)C1CCC(C)NC1. The van der Waals surface area contributed by atoms with Gasteiger partial charge in [0.25, 0.3) is 0 Å². The summed E-state index contributed by atoms with van der Waals surface area (Å²) in [7, 11) is 1.59. The predicted molar refractivity (Wildman–Crippen MR) is 72.7 cm³/mol. The first-order valence-electron chi connectivity index (χ1n) is 6.90. The average Bonchev–Trinajstić information content (AvgIpc) is 2.39. The first-order valence-corrected chi connectivity index (χ1v) is 6.90. The van der Waals surface area contributed by atoms with Gasteiger partial charge in [0.05, 0.1) is 12.5 Å². The maximum Gasteiger partial charge on any atom is 0.224 e. The van der Waals surface area contributed by atoms with Crippen molar-refractivity contribution in [2.24, 2.45) is 5.92 Å². The van der Waals surface area contributed by atoms with Crippen LogP contribution in [0.15, 0.2) is 0 Å². The first-order chi connectivity index (χ1) is 9.13. The van der Waals surface area contributed by atoms with Crippen LogP contribution in [-0.2, 0) is 14.3 Å². The van der Waals surface area contributed by atoms with Gasteiger partial charge in [-0.25, -0.2) is 0 Å². The van der Waals surface area contributed by atoms with Crippen molar-refractivity contribution in [1.82, 2.24) is 16.0 Å². The van der Waals surface area contributed by atoms with E-state index in [1.165, 1.54) is 0 Å². The molecule has 1 heterocycles. The second kappa shape index (κ2) is 8.87. The lowest BCUT2D eigenvalue weighted by atomic mass is 9.95. The fourth-order valence-corrected chi connectivity index (χ4v) is 2.05. The highest BCUT2D eigenvalue weighted by atomic mass is 16.5. The molecule has 1 rings (SSSR count). The highest BCUT2D eigenvalue weighted by Gasteiger charge is 2.23. The lowest BCUT2D eigenvalue weighted by Crippen LogP contribution is -2.44. The third kappa shape index (κ3) is 6.54. The third-order valence-corrected chi connectivity index (χ3v) is 3.31. The van der Waals surface area contributed by atoms with E-state index in [-0.39, 0.29) is 17.7 Å². The lowest BCUT2D eigenvalue weighted by molar-refractivity contribution is -0.126. The molecular formula is C13H25N3O3. The number of rotatable bonds is 7. The van der Waals surface area contributed by atoms with Gasteiger partial charge < -0.3 is 20.7 Å². The van der Waals surface area contributed by atoms with E-state index in [4.69, 9.17) is 4.74 Å². The first kappa shape index (κ1) is 15.9. The molecule has 110 valence electrons. The Bertz CT molecular complexity index is 289. The van der Waals surface area contributed by atoms with Gasteiger partial charge in [-0.05, 0) is 19.8 Å². The normalized spacial score (nSPS) is 22.8. The Morgan fingerprint density at radius 2 is 2.05 bits per heavy atom. The van der Waals surface area contributed by atoms with Crippen molar-refractivity contribution in [3.8, 4) is 0 Å². The molecule has 1 saturated heterocycles. The molecule has 6 nitrogen and oxygen atoms in total. The number of piperidine rings is 1. The van der Waals surface area contributed by atoms with E-state index in [1.54, 1.807) is 7.11 Å². The van der Waals surface area contributed by atoms with E-state index in [1.807, 2.05) is 0 Å². The molecule has 1 fully saturated rings. The standard InChI is InChI=1S/C13H25N3O3/c1-10-3-4-11(9-16-10)13(18)15-6-5-12(17)14-7-8-19-2/h10-11,16H,3-9H2,1-2H3,(H,14,17)(H,15,18). The Labute approximate surface area is 114 Å². The van der Waals surface area contributed by atoms with Gasteiger partial charge in [0.15, 0.2) is 0 Å². The quantitative estimate of drug-likeness (QED) is 0.553. The molecule has 0 bridgehead atoms. The summed E-state index contributed by atoms with van der Waals surface area (Å²) in [5, 5.41) is 8.83. The van der Waals surface area contributed by atoms with E-state index in [0.29, 0.717) is 32.2 Å². The van der Waals surface area contributed by atoms with Gasteiger partial charge in [-0.2, -0.15) is 0 Å². The van der Waals surface area contributed by atoms with E-state index < -0.39 is 0 Å². The number of hydrogen-bond acceptors (Lipinski definition) is 4. The maximum absolute atomic E-state index is 11.8. The van der Waals surface area contributed by atoms with Crippen molar-refractivity contribution >= 4 is 11.8 Å². The van der Waals surface area contributed by atoms with Gasteiger partial charge in [0, 0.05) is 39.2 Å². The Balaban J connectivity index is 2.08. The number of nitrogens with one attached hydrogen (secondary N) is 3. The highest BCUT2D eigenvalue weighted by molar-refractivity contribution is 5.80. The number of methoxy groups -OCH3 is 1. The second-order valence-electron chi connectivity index (χ2n) is 4.97. The monoisotopic (exact) mass is 271 g/mol. The maximum atomic E-state index is 11.8. The van der Waals surface area contributed by atoms with Crippen LogP contribution < -0.4 is 16.0 Å². The molecule has 1 aliphatic heterocycles. The van der Waals surface area contributed by atoms with Crippen LogP contribution >= 0.6 is 0 Å². The van der Waals surface area contributed by atoms with Gasteiger partial charge in [-0.15, -0.1) is 0 Å². The van der Waals surface area contributed by atoms with Crippen LogP contribution in [0.25, 0.3) is 0 Å². The van der Waals surface area contributed by atoms with Crippen molar-refractivity contribution in [3.05, 3.63) is 0 Å². The molecule has 0 radical (unpaired) electrons.